The summed E-state index contributed by atoms with van der Waals surface area (Å²) in [7, 11) is 4.64. The smallest absolute Gasteiger partial charge is 0.330 e. The number of hydrogen-bond acceptors (Lipinski definition) is 25. The van der Waals surface area contributed by atoms with Crippen molar-refractivity contribution in [3.63, 3.8) is 0 Å². The molecule has 6 atom stereocenters. The van der Waals surface area contributed by atoms with Gasteiger partial charge in [0.1, 0.15) is 42.9 Å². The number of hydrogen-bond donors (Lipinski definition) is 19. The second kappa shape index (κ2) is 55.5. The first-order valence-corrected chi connectivity index (χ1v) is 32.4. The average molecular weight is 1450 g/mol. The second-order valence-corrected chi connectivity index (χ2v) is 22.6. The maximum absolute atomic E-state index is 11.4. The quantitative estimate of drug-likeness (QED) is 0.00844. The van der Waals surface area contributed by atoms with Gasteiger partial charge in [0.2, 0.25) is 0 Å². The number of nitrogens with one attached hydrogen (secondary N) is 4. The number of nitrogens with zero attached hydrogens (tertiary/aromatic N) is 1. The lowest BCUT2D eigenvalue weighted by Crippen LogP contribution is -2.37. The summed E-state index contributed by atoms with van der Waals surface area (Å²) in [4.78, 5) is 113. The minimum Gasteiger partial charge on any atom is -0.493 e. The number of ether oxygens (including phenoxy) is 5. The number of aromatic nitrogens is 1. The van der Waals surface area contributed by atoms with Gasteiger partial charge < -0.3 is 126 Å². The van der Waals surface area contributed by atoms with E-state index in [2.05, 4.69) is 41.5 Å². The van der Waals surface area contributed by atoms with E-state index in [1.54, 1.807) is 13.2 Å². The number of aliphatic carboxylic acids is 7. The molecule has 0 unspecified atom stereocenters. The first-order valence-electron chi connectivity index (χ1n) is 32.4. The highest BCUT2D eigenvalue weighted by Gasteiger charge is 2.24. The molecule has 0 aliphatic heterocycles. The van der Waals surface area contributed by atoms with Crippen molar-refractivity contribution in [1.29, 1.82) is 0 Å². The molecule has 572 valence electrons. The molecule has 5 aromatic rings. The Morgan fingerprint density at radius 2 is 1.08 bits per heavy atom. The number of esters is 3. The van der Waals surface area contributed by atoms with Crippen LogP contribution in [0.15, 0.2) is 114 Å². The van der Waals surface area contributed by atoms with E-state index in [0.29, 0.717) is 75.9 Å². The predicted octanol–water partition coefficient (Wildman–Crippen LogP) is 0.330. The summed E-state index contributed by atoms with van der Waals surface area (Å²) >= 11 is 0. The number of carbonyl (C=O) groups is 10. The number of benzene rings is 4. The Hall–Kier alpha value is -10.2. The topological polar surface area (TPSA) is 631 Å². The summed E-state index contributed by atoms with van der Waals surface area (Å²) in [5, 5.41) is 68.9. The van der Waals surface area contributed by atoms with E-state index in [1.165, 1.54) is 57.3 Å². The Bertz CT molecular complexity index is 3260. The zero-order valence-electron chi connectivity index (χ0n) is 58.1. The van der Waals surface area contributed by atoms with Gasteiger partial charge in [-0.1, -0.05) is 123 Å². The van der Waals surface area contributed by atoms with Crippen LogP contribution in [0.5, 0.6) is 11.5 Å². The SMILES string of the molecule is COCCNCC(=O)O.COc1cccc(CNCC(=O)OC[C@@H](N)C(=O)O)c1OC.NC(N)=NCCC[C@@H](N)C(=O)OC(=O)C[C@H](N)C(=O)O.N[C@@H](CC1CCCCC1)C(=O)O.N[C@@H](Cc1ccccc1)C(=O)O.N[C@H](Cc1ccccc1)C(=O)O.O=C(O)CNCCc1c[nH]c2ccccc12. The molecule has 35 nitrogen and oxygen atoms in total. The molecular formula is C68H103N13O22. The van der Waals surface area contributed by atoms with E-state index >= 15 is 0 Å². The lowest BCUT2D eigenvalue weighted by molar-refractivity contribution is -0.162. The molecule has 0 saturated heterocycles. The summed E-state index contributed by atoms with van der Waals surface area (Å²) < 4.78 is 24.2. The molecular weight excluding hydrogens is 1350 g/mol. The number of carboxylic acids is 7. The summed E-state index contributed by atoms with van der Waals surface area (Å²) in [6.07, 6.45) is 10.4. The highest BCUT2D eigenvalue weighted by Crippen LogP contribution is 2.30. The van der Waals surface area contributed by atoms with Gasteiger partial charge in [0, 0.05) is 49.4 Å². The van der Waals surface area contributed by atoms with Crippen LogP contribution in [0.3, 0.4) is 0 Å². The zero-order chi connectivity index (χ0) is 77.7. The van der Waals surface area contributed by atoms with Crippen LogP contribution < -0.4 is 71.3 Å². The van der Waals surface area contributed by atoms with Crippen molar-refractivity contribution in [2.45, 2.75) is 120 Å². The fraction of sp³-hybridized carbons (Fsp3) is 0.456. The van der Waals surface area contributed by atoms with E-state index in [-0.39, 0.29) is 38.6 Å². The van der Waals surface area contributed by atoms with Gasteiger partial charge >= 0.3 is 59.7 Å². The fourth-order valence-electron chi connectivity index (χ4n) is 8.75. The molecule has 1 saturated carbocycles. The number of aromatic amines is 1. The third-order valence-corrected chi connectivity index (χ3v) is 14.1. The molecule has 0 spiro atoms. The monoisotopic (exact) mass is 1450 g/mol. The Kier molecular flexibility index (Phi) is 50.0. The standard InChI is InChI=1S/C14H20N2O6.C12H14N2O2.C10H19N5O5.C9H17NO2.2C9H11NO2.C5H11NO3/c1-20-11-5-3-4-9(13(11)21-2)6-16-7-12(17)22-8-10(15)14(18)19;15-12(16)8-13-6-5-9-7-14-11-4-2-1-3-10(9)11;11-5(2-1-3-15-10(13)14)9(19)20-7(16)4-6(12)8(17)18;3*10-8(9(11)12)6-7-4-2-1-3-5-7;1-9-3-2-6-4-5(7)8/h3-5,10,16H,6-8,15H2,1-2H3,(H,18,19);1-4,7,13-14H,5-6,8H2,(H,15,16);5-6H,1-4,11-12H2,(H,17,18)(H4,13,14,15);7-8H,1-6,10H2,(H,11,12);2*1-5,8H,6,10H2,(H,11,12);6H,2-4H2,1H3,(H,7,8)/t10-;;5-,6+;3*8-;/m1.1010./s1. The van der Waals surface area contributed by atoms with Crippen LogP contribution in [-0.2, 0) is 88.0 Å². The van der Waals surface area contributed by atoms with Gasteiger partial charge in [-0.05, 0) is 79.8 Å². The van der Waals surface area contributed by atoms with Crippen molar-refractivity contribution in [2.24, 2.45) is 56.8 Å². The minimum absolute atomic E-state index is 0.00333. The highest BCUT2D eigenvalue weighted by molar-refractivity contribution is 5.90. The zero-order valence-corrected chi connectivity index (χ0v) is 58.1. The molecule has 35 heteroatoms. The molecule has 6 rings (SSSR count). The number of aliphatic imine (C=N–C) groups is 1. The minimum atomic E-state index is -1.42. The van der Waals surface area contributed by atoms with Crippen LogP contribution in [0.25, 0.3) is 10.9 Å². The molecule has 1 heterocycles. The molecule has 27 N–H and O–H groups in total. The van der Waals surface area contributed by atoms with E-state index in [1.807, 2.05) is 97.2 Å². The van der Waals surface area contributed by atoms with Gasteiger partial charge in [-0.2, -0.15) is 0 Å². The molecule has 4 aromatic carbocycles. The fourth-order valence-corrected chi connectivity index (χ4v) is 8.75. The highest BCUT2D eigenvalue weighted by atomic mass is 16.6. The van der Waals surface area contributed by atoms with Gasteiger partial charge in [-0.15, -0.1) is 0 Å². The van der Waals surface area contributed by atoms with E-state index < -0.39 is 102 Å². The molecule has 0 amide bonds. The maximum Gasteiger partial charge on any atom is 0.330 e. The van der Waals surface area contributed by atoms with Crippen LogP contribution >= 0.6 is 0 Å². The first-order chi connectivity index (χ1) is 48.9. The number of nitrogens with two attached hydrogens (primary N) is 8. The Morgan fingerprint density at radius 3 is 1.57 bits per heavy atom. The van der Waals surface area contributed by atoms with Crippen molar-refractivity contribution in [1.82, 2.24) is 20.9 Å². The van der Waals surface area contributed by atoms with Crippen molar-refractivity contribution >= 4 is 76.6 Å². The predicted molar refractivity (Wildman–Crippen MR) is 380 cm³/mol. The maximum atomic E-state index is 11.4. The Morgan fingerprint density at radius 1 is 0.553 bits per heavy atom. The number of para-hydroxylation sites is 2. The molecule has 103 heavy (non-hydrogen) atoms. The first kappa shape index (κ1) is 92.8. The van der Waals surface area contributed by atoms with E-state index in [0.717, 1.165) is 28.6 Å². The lowest BCUT2D eigenvalue weighted by atomic mass is 9.85. The van der Waals surface area contributed by atoms with E-state index in [4.69, 9.17) is 95.8 Å². The third-order valence-electron chi connectivity index (χ3n) is 14.1. The Labute approximate surface area is 596 Å². The van der Waals surface area contributed by atoms with Crippen molar-refractivity contribution in [2.75, 3.05) is 73.8 Å². The third kappa shape index (κ3) is 46.0. The molecule has 0 bridgehead atoms. The number of methoxy groups -OCH3 is 3. The lowest BCUT2D eigenvalue weighted by Gasteiger charge is -2.22. The number of carbonyl (C=O) groups excluding carboxylic acids is 3. The van der Waals surface area contributed by atoms with Crippen LogP contribution in [0.1, 0.15) is 80.0 Å². The van der Waals surface area contributed by atoms with Crippen molar-refractivity contribution in [3.8, 4) is 11.5 Å². The molecule has 1 aliphatic carbocycles. The Balaban J connectivity index is 0.00000120. The number of H-pyrrole nitrogens is 1. The molecule has 1 aliphatic rings. The van der Waals surface area contributed by atoms with Gasteiger partial charge in [-0.3, -0.25) is 48.1 Å². The molecule has 1 aromatic heterocycles. The van der Waals surface area contributed by atoms with Crippen LogP contribution in [0.4, 0.5) is 0 Å². The number of carboxylic acid groups (broad SMARTS) is 7. The van der Waals surface area contributed by atoms with Crippen molar-refractivity contribution in [3.05, 3.63) is 132 Å². The summed E-state index contributed by atoms with van der Waals surface area (Å²) in [5.41, 5.74) is 47.2. The normalized spacial score (nSPS) is 13.0. The van der Waals surface area contributed by atoms with Crippen molar-refractivity contribution < 1.29 is 107 Å². The van der Waals surface area contributed by atoms with Gasteiger partial charge in [0.15, 0.2) is 17.5 Å². The second-order valence-electron chi connectivity index (χ2n) is 22.6. The largest absolute Gasteiger partial charge is 0.493 e. The van der Waals surface area contributed by atoms with Gasteiger partial charge in [-0.25, -0.2) is 4.79 Å². The van der Waals surface area contributed by atoms with Crippen LogP contribution in [-0.4, -0.2) is 216 Å². The van der Waals surface area contributed by atoms with Gasteiger partial charge in [0.25, 0.3) is 0 Å². The van der Waals surface area contributed by atoms with E-state index in [9.17, 15) is 47.9 Å². The number of rotatable bonds is 36. The van der Waals surface area contributed by atoms with Gasteiger partial charge in [0.05, 0.1) is 46.9 Å². The van der Waals surface area contributed by atoms with Crippen LogP contribution in [0.2, 0.25) is 0 Å². The summed E-state index contributed by atoms with van der Waals surface area (Å²) in [6, 6.07) is 26.3. The molecule has 1 fully saturated rings. The van der Waals surface area contributed by atoms with Crippen LogP contribution in [0, 0.1) is 5.92 Å². The number of guanidine groups is 1. The molecule has 0 radical (unpaired) electrons. The summed E-state index contributed by atoms with van der Waals surface area (Å²) in [6.45, 7) is 2.04. The average Bonchev–Trinajstić information content (AvgIpc) is 1.70. The number of fused-ring (bicyclic) bond motifs is 1. The summed E-state index contributed by atoms with van der Waals surface area (Å²) in [5.74, 6) is -7.93.